The third-order valence-electron chi connectivity index (χ3n) is 9.10. The van der Waals surface area contributed by atoms with Crippen molar-refractivity contribution in [1.29, 1.82) is 0 Å². The molecule has 0 radical (unpaired) electrons. The van der Waals surface area contributed by atoms with Crippen LogP contribution in [0.2, 0.25) is 0 Å². The molecule has 1 atom stereocenters. The number of fused-ring (bicyclic) bond motifs is 4. The monoisotopic (exact) mass is 665 g/mol. The fourth-order valence-corrected chi connectivity index (χ4v) is 7.86. The van der Waals surface area contributed by atoms with Crippen LogP contribution in [0.4, 0.5) is 5.69 Å². The van der Waals surface area contributed by atoms with Crippen molar-refractivity contribution in [3.63, 3.8) is 0 Å². The molecule has 0 bridgehead atoms. The van der Waals surface area contributed by atoms with E-state index in [-0.39, 0.29) is 11.2 Å². The van der Waals surface area contributed by atoms with Gasteiger partial charge in [0.05, 0.1) is 27.8 Å². The van der Waals surface area contributed by atoms with Gasteiger partial charge in [-0.15, -0.1) is 0 Å². The molecule has 0 amide bonds. The van der Waals surface area contributed by atoms with Crippen LogP contribution in [0.25, 0.3) is 22.5 Å². The third-order valence-corrected chi connectivity index (χ3v) is 10.1. The smallest absolute Gasteiger partial charge is 0.271 e. The minimum absolute atomic E-state index is 0.0128. The van der Waals surface area contributed by atoms with E-state index < -0.39 is 11.0 Å². The molecule has 0 fully saturated rings. The van der Waals surface area contributed by atoms with Gasteiger partial charge in [-0.25, -0.2) is 4.99 Å². The minimum atomic E-state index is -0.509. The summed E-state index contributed by atoms with van der Waals surface area (Å²) in [5.41, 5.74) is 6.42. The highest BCUT2D eigenvalue weighted by atomic mass is 32.1. The van der Waals surface area contributed by atoms with Gasteiger partial charge in [-0.3, -0.25) is 19.5 Å². The van der Waals surface area contributed by atoms with Gasteiger partial charge in [0.2, 0.25) is 0 Å². The molecule has 2 aliphatic rings. The molecule has 8 rings (SSSR count). The molecule has 6 aromatic rings. The van der Waals surface area contributed by atoms with Gasteiger partial charge in [0.15, 0.2) is 16.3 Å². The average molecular weight is 666 g/mol. The van der Waals surface area contributed by atoms with Crippen LogP contribution >= 0.6 is 11.3 Å². The summed E-state index contributed by atoms with van der Waals surface area (Å²) in [7, 11) is 0. The van der Waals surface area contributed by atoms with Gasteiger partial charge in [-0.1, -0.05) is 96.3 Å². The Balaban J connectivity index is 1.20. The van der Waals surface area contributed by atoms with Crippen LogP contribution in [-0.4, -0.2) is 16.1 Å². The normalized spacial score (nSPS) is 15.3. The highest BCUT2D eigenvalue weighted by molar-refractivity contribution is 7.07. The van der Waals surface area contributed by atoms with E-state index in [2.05, 4.69) is 36.4 Å². The molecule has 49 heavy (non-hydrogen) atoms. The van der Waals surface area contributed by atoms with Gasteiger partial charge in [0.25, 0.3) is 11.2 Å². The molecular weight excluding hydrogens is 635 g/mol. The summed E-state index contributed by atoms with van der Waals surface area (Å²) < 4.78 is 14.5. The molecule has 1 aliphatic carbocycles. The van der Waals surface area contributed by atoms with Crippen molar-refractivity contribution in [2.24, 2.45) is 4.99 Å². The number of nitro benzene ring substituents is 1. The molecule has 5 aromatic carbocycles. The summed E-state index contributed by atoms with van der Waals surface area (Å²) in [6.07, 6.45) is 3.35. The van der Waals surface area contributed by atoms with E-state index in [9.17, 15) is 14.9 Å². The van der Waals surface area contributed by atoms with E-state index >= 15 is 0 Å². The average Bonchev–Trinajstić information content (AvgIpc) is 3.44. The Labute approximate surface area is 285 Å². The lowest BCUT2D eigenvalue weighted by Crippen LogP contribution is -2.38. The zero-order chi connectivity index (χ0) is 33.5. The van der Waals surface area contributed by atoms with Crippen molar-refractivity contribution >= 4 is 39.6 Å². The van der Waals surface area contributed by atoms with Crippen LogP contribution in [0.15, 0.2) is 125 Å². The molecule has 0 saturated carbocycles. The molecule has 0 spiro atoms. The van der Waals surface area contributed by atoms with Gasteiger partial charge >= 0.3 is 0 Å². The van der Waals surface area contributed by atoms with Crippen LogP contribution in [0, 0.1) is 10.1 Å². The lowest BCUT2D eigenvalue weighted by Gasteiger charge is -2.30. The van der Waals surface area contributed by atoms with Crippen LogP contribution < -0.4 is 24.4 Å². The first-order valence-corrected chi connectivity index (χ1v) is 17.0. The number of nitrogens with zero attached hydrogens (tertiary/aromatic N) is 3. The van der Waals surface area contributed by atoms with Crippen LogP contribution in [0.5, 0.6) is 11.5 Å². The largest absolute Gasteiger partial charge is 0.490 e. The van der Waals surface area contributed by atoms with Crippen molar-refractivity contribution in [2.75, 3.05) is 6.61 Å². The number of rotatable bonds is 8. The van der Waals surface area contributed by atoms with Crippen LogP contribution in [0.1, 0.15) is 47.2 Å². The fourth-order valence-electron chi connectivity index (χ4n) is 6.86. The highest BCUT2D eigenvalue weighted by Gasteiger charge is 2.33. The number of allylic oxidation sites excluding steroid dienone is 1. The first-order chi connectivity index (χ1) is 24.0. The van der Waals surface area contributed by atoms with Crippen molar-refractivity contribution in [3.8, 4) is 11.5 Å². The number of thiazole rings is 1. The van der Waals surface area contributed by atoms with Crippen LogP contribution in [0.3, 0.4) is 0 Å². The van der Waals surface area contributed by atoms with Crippen molar-refractivity contribution < 1.29 is 14.4 Å². The summed E-state index contributed by atoms with van der Waals surface area (Å²) in [6, 6.07) is 34.4. The Morgan fingerprint density at radius 2 is 1.73 bits per heavy atom. The second-order valence-electron chi connectivity index (χ2n) is 12.0. The number of non-ortho nitro benzene ring substituents is 1. The molecule has 0 saturated heterocycles. The predicted octanol–water partition coefficient (Wildman–Crippen LogP) is 7.36. The molecule has 2 heterocycles. The number of benzene rings is 5. The number of aromatic nitrogens is 1. The molecule has 0 unspecified atom stereocenters. The molecule has 8 nitrogen and oxygen atoms in total. The van der Waals surface area contributed by atoms with E-state index in [1.807, 2.05) is 67.6 Å². The van der Waals surface area contributed by atoms with E-state index in [4.69, 9.17) is 14.5 Å². The first kappa shape index (κ1) is 30.5. The fraction of sp³-hybridized carbons (Fsp3) is 0.150. The summed E-state index contributed by atoms with van der Waals surface area (Å²) in [4.78, 5) is 31.2. The quantitative estimate of drug-likeness (QED) is 0.125. The molecule has 242 valence electrons. The molecular formula is C40H31N3O5S. The maximum absolute atomic E-state index is 14.3. The van der Waals surface area contributed by atoms with Gasteiger partial charge in [-0.05, 0) is 76.6 Å². The SMILES string of the molecule is CCOc1cc(/C=c2/sc3n(c2=O)[C@@H](c2cccc([N+](=O)[O-])c2)C2=C(N=3)c3ccccc3CC2)ccc1OCc1cccc2ccccc12. The van der Waals surface area contributed by atoms with Crippen molar-refractivity contribution in [2.45, 2.75) is 32.4 Å². The highest BCUT2D eigenvalue weighted by Crippen LogP contribution is 2.41. The van der Waals surface area contributed by atoms with Gasteiger partial charge < -0.3 is 9.47 Å². The van der Waals surface area contributed by atoms with E-state index in [1.54, 1.807) is 16.7 Å². The Morgan fingerprint density at radius 3 is 2.61 bits per heavy atom. The standard InChI is InChI=1S/C40H31N3O5S/c1-2-47-35-21-25(17-20-34(35)48-24-29-13-7-11-26-9-3-5-15-31(26)29)22-36-39(44)42-38(28-12-8-14-30(23-28)43(45)46)33-19-18-27-10-4-6-16-32(27)37(33)41-40(42)49-36/h3-17,20-23,38H,2,18-19,24H2,1H3/b36-22+/t38-/m0/s1. The Morgan fingerprint density at radius 1 is 0.918 bits per heavy atom. The van der Waals surface area contributed by atoms with E-state index in [0.717, 1.165) is 45.2 Å². The zero-order valence-corrected chi connectivity index (χ0v) is 27.5. The lowest BCUT2D eigenvalue weighted by molar-refractivity contribution is -0.384. The van der Waals surface area contributed by atoms with Gasteiger partial charge in [0.1, 0.15) is 6.61 Å². The summed E-state index contributed by atoms with van der Waals surface area (Å²) in [5, 5.41) is 14.0. The zero-order valence-electron chi connectivity index (χ0n) is 26.7. The predicted molar refractivity (Wildman–Crippen MR) is 192 cm³/mol. The second-order valence-corrected chi connectivity index (χ2v) is 13.0. The molecule has 1 aliphatic heterocycles. The lowest BCUT2D eigenvalue weighted by atomic mass is 9.83. The summed E-state index contributed by atoms with van der Waals surface area (Å²) >= 11 is 1.32. The number of aryl methyl sites for hydroxylation is 1. The van der Waals surface area contributed by atoms with Crippen molar-refractivity contribution in [1.82, 2.24) is 4.57 Å². The number of ether oxygens (including phenoxy) is 2. The maximum atomic E-state index is 14.3. The minimum Gasteiger partial charge on any atom is -0.490 e. The summed E-state index contributed by atoms with van der Waals surface area (Å²) in [6.45, 7) is 2.75. The molecule has 9 heteroatoms. The number of hydrogen-bond acceptors (Lipinski definition) is 7. The van der Waals surface area contributed by atoms with Crippen molar-refractivity contribution in [3.05, 3.63) is 172 Å². The summed E-state index contributed by atoms with van der Waals surface area (Å²) in [5.74, 6) is 1.20. The van der Waals surface area contributed by atoms with Gasteiger partial charge in [0, 0.05) is 17.7 Å². The Hall–Kier alpha value is -5.80. The van der Waals surface area contributed by atoms with Crippen LogP contribution in [-0.2, 0) is 13.0 Å². The number of hydrogen-bond donors (Lipinski definition) is 0. The second kappa shape index (κ2) is 12.7. The van der Waals surface area contributed by atoms with E-state index in [0.29, 0.717) is 46.0 Å². The third kappa shape index (κ3) is 5.62. The molecule has 1 aromatic heterocycles. The topological polar surface area (TPSA) is 96.0 Å². The Kier molecular flexibility index (Phi) is 7.89. The Bertz CT molecular complexity index is 2490. The first-order valence-electron chi connectivity index (χ1n) is 16.2. The van der Waals surface area contributed by atoms with E-state index in [1.165, 1.54) is 23.0 Å². The molecule has 0 N–H and O–H groups in total. The maximum Gasteiger partial charge on any atom is 0.271 e. The van der Waals surface area contributed by atoms with Gasteiger partial charge in [-0.2, -0.15) is 0 Å². The number of nitro groups is 1.